The lowest BCUT2D eigenvalue weighted by Crippen LogP contribution is -2.55. The molecule has 9 rings (SSSR count). The van der Waals surface area contributed by atoms with E-state index in [0.29, 0.717) is 11.6 Å². The van der Waals surface area contributed by atoms with Gasteiger partial charge in [-0.15, -0.1) is 27.7 Å². The molecule has 49 heavy (non-hydrogen) atoms. The van der Waals surface area contributed by atoms with Gasteiger partial charge in [-0.25, -0.2) is 15.0 Å². The number of fused-ring (bicyclic) bond motifs is 6. The lowest BCUT2D eigenvalue weighted by Gasteiger charge is -2.20. The topological polar surface area (TPSA) is 43.6 Å². The zero-order valence-corrected chi connectivity index (χ0v) is 29.0. The van der Waals surface area contributed by atoms with Crippen molar-refractivity contribution < 1.29 is 0 Å². The molecule has 0 aliphatic rings. The molecule has 0 spiro atoms. The molecule has 0 saturated carbocycles. The fraction of sp³-hybridized carbons (Fsp3) is 0. The van der Waals surface area contributed by atoms with E-state index in [-0.39, 0.29) is 0 Å². The molecule has 0 saturated heterocycles. The molecule has 3 heterocycles. The molecule has 0 aliphatic carbocycles. The molecule has 0 N–H and O–H groups in total. The Balaban J connectivity index is 1.28. The molecule has 0 radical (unpaired) electrons. The predicted octanol–water partition coefficient (Wildman–Crippen LogP) is 1.63. The molecular weight excluding hydrogens is 611 g/mol. The molecule has 4 nitrogen and oxygen atoms in total. The highest BCUT2D eigenvalue weighted by Gasteiger charge is 2.21. The zero-order valence-electron chi connectivity index (χ0n) is 28.2. The molecule has 0 fully saturated rings. The van der Waals surface area contributed by atoms with Crippen LogP contribution in [0.15, 0.2) is 115 Å². The zero-order chi connectivity index (χ0) is 33.4. The second kappa shape index (κ2) is 11.4. The Bertz CT molecular complexity index is 2710. The Morgan fingerprint density at radius 3 is 1.76 bits per heavy atom. The second-order valence-electron chi connectivity index (χ2n) is 13.0. The van der Waals surface area contributed by atoms with E-state index in [0.717, 1.165) is 28.2 Å². The molecule has 10 heteroatoms. The summed E-state index contributed by atoms with van der Waals surface area (Å²) in [5, 5.41) is 4.91. The van der Waals surface area contributed by atoms with E-state index in [1.807, 2.05) is 29.5 Å². The highest BCUT2D eigenvalue weighted by Crippen LogP contribution is 2.41. The standard InChI is InChI=1S/C39H29B5N4S/c40-32-31(33(41)35(43)36(44)34(32)42)39-46-37(20-9-2-1-3-10-20)45-38(47-39)25-13-8-16-28-30(25)24-18-17-21(19-29(24)49-28)48-26-14-6-4-11-22(26)23-12-5-7-15-27(23)48/h1-19H,40-44H2. The molecule has 0 unspecified atom stereocenters. The van der Waals surface area contributed by atoms with Crippen LogP contribution in [-0.4, -0.2) is 58.8 Å². The summed E-state index contributed by atoms with van der Waals surface area (Å²) >= 11 is 1.82. The first kappa shape index (κ1) is 29.8. The van der Waals surface area contributed by atoms with E-state index in [4.69, 9.17) is 15.0 Å². The summed E-state index contributed by atoms with van der Waals surface area (Å²) in [6, 6.07) is 41.0. The van der Waals surface area contributed by atoms with Gasteiger partial charge >= 0.3 is 0 Å². The van der Waals surface area contributed by atoms with Gasteiger partial charge in [0.1, 0.15) is 39.2 Å². The minimum Gasteiger partial charge on any atom is -0.309 e. The van der Waals surface area contributed by atoms with Gasteiger partial charge in [-0.1, -0.05) is 95.9 Å². The summed E-state index contributed by atoms with van der Waals surface area (Å²) in [6.45, 7) is 0. The third kappa shape index (κ3) is 4.62. The van der Waals surface area contributed by atoms with Crippen molar-refractivity contribution >= 4 is 120 Å². The molecule has 0 amide bonds. The van der Waals surface area contributed by atoms with Gasteiger partial charge in [0.2, 0.25) is 0 Å². The molecule has 9 aromatic rings. The average molecular weight is 640 g/mol. The van der Waals surface area contributed by atoms with Crippen LogP contribution in [-0.2, 0) is 0 Å². The van der Waals surface area contributed by atoms with Gasteiger partial charge in [0.15, 0.2) is 17.5 Å². The number of nitrogens with zero attached hydrogens (tertiary/aromatic N) is 4. The van der Waals surface area contributed by atoms with Gasteiger partial charge in [-0.05, 0) is 30.3 Å². The second-order valence-corrected chi connectivity index (χ2v) is 14.1. The first-order valence-corrected chi connectivity index (χ1v) is 17.5. The fourth-order valence-corrected chi connectivity index (χ4v) is 8.67. The summed E-state index contributed by atoms with van der Waals surface area (Å²) in [6.07, 6.45) is 0. The van der Waals surface area contributed by atoms with E-state index in [1.54, 1.807) is 0 Å². The maximum atomic E-state index is 5.27. The Kier molecular flexibility index (Phi) is 6.92. The first-order chi connectivity index (χ1) is 23.9. The summed E-state index contributed by atoms with van der Waals surface area (Å²) in [5.74, 6) is 2.09. The number of hydrogen-bond acceptors (Lipinski definition) is 4. The highest BCUT2D eigenvalue weighted by molar-refractivity contribution is 7.26. The fourth-order valence-electron chi connectivity index (χ4n) is 7.50. The molecule has 6 aromatic carbocycles. The van der Waals surface area contributed by atoms with Crippen LogP contribution < -0.4 is 27.3 Å². The van der Waals surface area contributed by atoms with Crippen LogP contribution >= 0.6 is 11.3 Å². The van der Waals surface area contributed by atoms with Crippen LogP contribution in [0, 0.1) is 0 Å². The van der Waals surface area contributed by atoms with Gasteiger partial charge in [0.25, 0.3) is 0 Å². The lowest BCUT2D eigenvalue weighted by atomic mass is 9.60. The number of benzene rings is 6. The van der Waals surface area contributed by atoms with Crippen molar-refractivity contribution in [3.8, 4) is 39.9 Å². The molecule has 0 atom stereocenters. The van der Waals surface area contributed by atoms with Crippen LogP contribution in [0.25, 0.3) is 81.8 Å². The van der Waals surface area contributed by atoms with Gasteiger partial charge in [0, 0.05) is 53.3 Å². The quantitative estimate of drug-likeness (QED) is 0.275. The molecule has 3 aromatic heterocycles. The Hall–Kier alpha value is -5.33. The monoisotopic (exact) mass is 640 g/mol. The number of thiophene rings is 1. The van der Waals surface area contributed by atoms with Gasteiger partial charge in [0.05, 0.1) is 11.0 Å². The maximum absolute atomic E-state index is 5.27. The van der Waals surface area contributed by atoms with Crippen molar-refractivity contribution in [1.29, 1.82) is 0 Å². The SMILES string of the molecule is Bc1c(B)c(B)c(-c2nc(-c3ccccc3)nc(-c3cccc4sc5cc(-n6c7ccccc7c7ccccc76)ccc5c34)n2)c(B)c1B. The van der Waals surface area contributed by atoms with Crippen molar-refractivity contribution in [2.24, 2.45) is 0 Å². The average Bonchev–Trinajstić information content (AvgIpc) is 3.69. The number of hydrogen-bond donors (Lipinski definition) is 0. The Labute approximate surface area is 293 Å². The van der Waals surface area contributed by atoms with Crippen LogP contribution in [0.5, 0.6) is 0 Å². The third-order valence-corrected chi connectivity index (χ3v) is 11.6. The molecule has 0 bridgehead atoms. The molecule has 0 aliphatic heterocycles. The van der Waals surface area contributed by atoms with E-state index in [1.165, 1.54) is 69.3 Å². The smallest absolute Gasteiger partial charge is 0.164 e. The summed E-state index contributed by atoms with van der Waals surface area (Å²) < 4.78 is 4.83. The minimum absolute atomic E-state index is 0.681. The predicted molar refractivity (Wildman–Crippen MR) is 224 cm³/mol. The maximum Gasteiger partial charge on any atom is 0.164 e. The van der Waals surface area contributed by atoms with Gasteiger partial charge < -0.3 is 4.57 Å². The summed E-state index contributed by atoms with van der Waals surface area (Å²) in [7, 11) is 11.0. The summed E-state index contributed by atoms with van der Waals surface area (Å²) in [5.41, 5.74) is 13.0. The van der Waals surface area contributed by atoms with Crippen LogP contribution in [0.1, 0.15) is 0 Å². The van der Waals surface area contributed by atoms with Crippen molar-refractivity contribution in [3.63, 3.8) is 0 Å². The van der Waals surface area contributed by atoms with Gasteiger partial charge in [-0.3, -0.25) is 0 Å². The largest absolute Gasteiger partial charge is 0.309 e. The third-order valence-electron chi connectivity index (χ3n) is 10.5. The van der Waals surface area contributed by atoms with E-state index >= 15 is 0 Å². The first-order valence-electron chi connectivity index (χ1n) is 16.7. The van der Waals surface area contributed by atoms with Gasteiger partial charge in [-0.2, -0.15) is 0 Å². The van der Waals surface area contributed by atoms with Crippen LogP contribution in [0.4, 0.5) is 0 Å². The Morgan fingerprint density at radius 2 is 1.06 bits per heavy atom. The normalized spacial score (nSPS) is 11.7. The van der Waals surface area contributed by atoms with E-state index in [9.17, 15) is 0 Å². The lowest BCUT2D eigenvalue weighted by molar-refractivity contribution is 1.08. The van der Waals surface area contributed by atoms with E-state index in [2.05, 4.69) is 141 Å². The minimum atomic E-state index is 0.681. The van der Waals surface area contributed by atoms with Crippen molar-refractivity contribution in [2.45, 2.75) is 0 Å². The number of rotatable bonds is 4. The number of para-hydroxylation sites is 2. The Morgan fingerprint density at radius 1 is 0.469 bits per heavy atom. The number of aromatic nitrogens is 4. The van der Waals surface area contributed by atoms with Crippen molar-refractivity contribution in [2.75, 3.05) is 0 Å². The highest BCUT2D eigenvalue weighted by atomic mass is 32.1. The van der Waals surface area contributed by atoms with Crippen molar-refractivity contribution in [3.05, 3.63) is 115 Å². The van der Waals surface area contributed by atoms with E-state index < -0.39 is 0 Å². The molecular formula is C39H29B5N4S. The van der Waals surface area contributed by atoms with Crippen LogP contribution in [0.2, 0.25) is 0 Å². The van der Waals surface area contributed by atoms with Crippen molar-refractivity contribution in [1.82, 2.24) is 19.5 Å². The molecule has 226 valence electrons. The summed E-state index contributed by atoms with van der Waals surface area (Å²) in [4.78, 5) is 15.6. The van der Waals surface area contributed by atoms with Crippen LogP contribution in [0.3, 0.4) is 0 Å².